The number of nitrogens with one attached hydrogen (secondary N) is 2. The molecular formula is C12H18N4. The van der Waals surface area contributed by atoms with Crippen molar-refractivity contribution in [3.63, 3.8) is 0 Å². The molecule has 1 atom stereocenters. The van der Waals surface area contributed by atoms with Crippen molar-refractivity contribution in [3.05, 3.63) is 18.3 Å². The Balaban J connectivity index is 2.22. The molecule has 0 fully saturated rings. The van der Waals surface area contributed by atoms with Crippen LogP contribution in [-0.2, 0) is 0 Å². The molecule has 0 amide bonds. The number of rotatable bonds is 2. The van der Waals surface area contributed by atoms with Crippen LogP contribution in [0.2, 0.25) is 0 Å². The number of fused-ring (bicyclic) bond motifs is 1. The second kappa shape index (κ2) is 3.77. The number of aromatic amines is 1. The molecular weight excluding hydrogens is 200 g/mol. The highest BCUT2D eigenvalue weighted by atomic mass is 15.2. The molecule has 0 radical (unpaired) electrons. The molecule has 0 bridgehead atoms. The minimum absolute atomic E-state index is 0.201. The lowest BCUT2D eigenvalue weighted by Crippen LogP contribution is -2.31. The number of pyridine rings is 1. The molecule has 0 aliphatic heterocycles. The van der Waals surface area contributed by atoms with Gasteiger partial charge in [0.25, 0.3) is 0 Å². The summed E-state index contributed by atoms with van der Waals surface area (Å²) in [6.45, 7) is 8.75. The monoisotopic (exact) mass is 218 g/mol. The van der Waals surface area contributed by atoms with Gasteiger partial charge in [-0.3, -0.25) is 0 Å². The fourth-order valence-corrected chi connectivity index (χ4v) is 1.33. The van der Waals surface area contributed by atoms with E-state index >= 15 is 0 Å². The van der Waals surface area contributed by atoms with Crippen molar-refractivity contribution in [2.24, 2.45) is 5.41 Å². The highest BCUT2D eigenvalue weighted by molar-refractivity contribution is 5.72. The molecule has 0 aliphatic rings. The predicted octanol–water partition coefficient (Wildman–Crippen LogP) is 2.80. The third kappa shape index (κ3) is 2.15. The number of hydrogen-bond donors (Lipinski definition) is 2. The average molecular weight is 218 g/mol. The third-order valence-electron chi connectivity index (χ3n) is 2.91. The third-order valence-corrected chi connectivity index (χ3v) is 2.91. The molecule has 0 aromatic carbocycles. The van der Waals surface area contributed by atoms with E-state index in [2.05, 4.69) is 48.0 Å². The summed E-state index contributed by atoms with van der Waals surface area (Å²) in [6.07, 6.45) is 1.75. The van der Waals surface area contributed by atoms with Crippen LogP contribution in [-0.4, -0.2) is 21.0 Å². The van der Waals surface area contributed by atoms with Gasteiger partial charge in [0, 0.05) is 12.2 Å². The van der Waals surface area contributed by atoms with Crippen LogP contribution >= 0.6 is 0 Å². The van der Waals surface area contributed by atoms with Crippen LogP contribution in [0.5, 0.6) is 0 Å². The maximum Gasteiger partial charge on any atom is 0.202 e. The van der Waals surface area contributed by atoms with E-state index in [0.717, 1.165) is 17.1 Å². The van der Waals surface area contributed by atoms with Gasteiger partial charge in [0.15, 0.2) is 5.65 Å². The zero-order valence-electron chi connectivity index (χ0n) is 10.2. The van der Waals surface area contributed by atoms with Crippen molar-refractivity contribution in [3.8, 4) is 0 Å². The molecule has 2 rings (SSSR count). The molecule has 0 spiro atoms. The molecule has 2 aromatic rings. The maximum absolute atomic E-state index is 4.39. The molecule has 4 nitrogen and oxygen atoms in total. The van der Waals surface area contributed by atoms with E-state index in [4.69, 9.17) is 0 Å². The van der Waals surface area contributed by atoms with E-state index < -0.39 is 0 Å². The molecule has 0 unspecified atom stereocenters. The average Bonchev–Trinajstić information content (AvgIpc) is 2.58. The van der Waals surface area contributed by atoms with Crippen molar-refractivity contribution in [2.45, 2.75) is 33.7 Å². The summed E-state index contributed by atoms with van der Waals surface area (Å²) in [5.41, 5.74) is 1.92. The standard InChI is InChI=1S/C12H18N4/c1-8(12(2,3)4)14-11-15-9-6-5-7-13-10(9)16-11/h5-8H,1-4H3,(H2,13,14,15,16)/t8-/m1/s1. The summed E-state index contributed by atoms with van der Waals surface area (Å²) in [5.74, 6) is 0.788. The highest BCUT2D eigenvalue weighted by Crippen LogP contribution is 2.22. The van der Waals surface area contributed by atoms with Gasteiger partial charge in [0.1, 0.15) is 0 Å². The molecule has 4 heteroatoms. The number of nitrogens with zero attached hydrogens (tertiary/aromatic N) is 2. The SMILES string of the molecule is C[C@@H](Nc1nc2ncccc2[nH]1)C(C)(C)C. The predicted molar refractivity (Wildman–Crippen MR) is 66.4 cm³/mol. The van der Waals surface area contributed by atoms with Gasteiger partial charge in [-0.1, -0.05) is 20.8 Å². The summed E-state index contributed by atoms with van der Waals surface area (Å²) in [7, 11) is 0. The Morgan fingerprint density at radius 1 is 1.38 bits per heavy atom. The van der Waals surface area contributed by atoms with Gasteiger partial charge in [-0.15, -0.1) is 0 Å². The van der Waals surface area contributed by atoms with Gasteiger partial charge in [-0.05, 0) is 24.5 Å². The van der Waals surface area contributed by atoms with Gasteiger partial charge >= 0.3 is 0 Å². The van der Waals surface area contributed by atoms with E-state index in [9.17, 15) is 0 Å². The lowest BCUT2D eigenvalue weighted by molar-refractivity contribution is 0.358. The highest BCUT2D eigenvalue weighted by Gasteiger charge is 2.20. The molecule has 2 aromatic heterocycles. The van der Waals surface area contributed by atoms with Crippen LogP contribution in [0.15, 0.2) is 18.3 Å². The number of anilines is 1. The van der Waals surface area contributed by atoms with E-state index in [-0.39, 0.29) is 5.41 Å². The van der Waals surface area contributed by atoms with E-state index in [1.165, 1.54) is 0 Å². The Labute approximate surface area is 95.5 Å². The molecule has 0 saturated carbocycles. The molecule has 2 N–H and O–H groups in total. The van der Waals surface area contributed by atoms with Gasteiger partial charge < -0.3 is 10.3 Å². The van der Waals surface area contributed by atoms with Crippen molar-refractivity contribution >= 4 is 17.1 Å². The van der Waals surface area contributed by atoms with Gasteiger partial charge in [0.05, 0.1) is 5.52 Å². The Morgan fingerprint density at radius 3 is 2.75 bits per heavy atom. The van der Waals surface area contributed by atoms with E-state index in [0.29, 0.717) is 6.04 Å². The topological polar surface area (TPSA) is 53.6 Å². The minimum atomic E-state index is 0.201. The largest absolute Gasteiger partial charge is 0.353 e. The zero-order chi connectivity index (χ0) is 11.8. The molecule has 16 heavy (non-hydrogen) atoms. The van der Waals surface area contributed by atoms with Crippen LogP contribution < -0.4 is 5.32 Å². The van der Waals surface area contributed by atoms with Crippen molar-refractivity contribution < 1.29 is 0 Å². The summed E-state index contributed by atoms with van der Waals surface area (Å²) in [4.78, 5) is 11.8. The summed E-state index contributed by atoms with van der Waals surface area (Å²) in [6, 6.07) is 4.22. The van der Waals surface area contributed by atoms with Gasteiger partial charge in [0.2, 0.25) is 5.95 Å². The number of aromatic nitrogens is 3. The zero-order valence-corrected chi connectivity index (χ0v) is 10.2. The van der Waals surface area contributed by atoms with Gasteiger partial charge in [-0.25, -0.2) is 4.98 Å². The number of H-pyrrole nitrogens is 1. The second-order valence-electron chi connectivity index (χ2n) is 5.19. The first-order valence-corrected chi connectivity index (χ1v) is 5.54. The fraction of sp³-hybridized carbons (Fsp3) is 0.500. The molecule has 0 aliphatic carbocycles. The van der Waals surface area contributed by atoms with Crippen LogP contribution in [0.3, 0.4) is 0 Å². The summed E-state index contributed by atoms with van der Waals surface area (Å²) < 4.78 is 0. The van der Waals surface area contributed by atoms with Crippen LogP contribution in [0.1, 0.15) is 27.7 Å². The van der Waals surface area contributed by atoms with Crippen LogP contribution in [0.25, 0.3) is 11.2 Å². The lowest BCUT2D eigenvalue weighted by atomic mass is 9.88. The van der Waals surface area contributed by atoms with Crippen molar-refractivity contribution in [1.29, 1.82) is 0 Å². The first-order valence-electron chi connectivity index (χ1n) is 5.54. The van der Waals surface area contributed by atoms with Crippen molar-refractivity contribution in [2.75, 3.05) is 5.32 Å². The Morgan fingerprint density at radius 2 is 2.12 bits per heavy atom. The molecule has 2 heterocycles. The lowest BCUT2D eigenvalue weighted by Gasteiger charge is -2.27. The van der Waals surface area contributed by atoms with Gasteiger partial charge in [-0.2, -0.15) is 4.98 Å². The Hall–Kier alpha value is -1.58. The first-order chi connectivity index (χ1) is 7.47. The first kappa shape index (κ1) is 10.9. The maximum atomic E-state index is 4.39. The normalized spacial score (nSPS) is 14.0. The Bertz CT molecular complexity index is 448. The van der Waals surface area contributed by atoms with E-state index in [1.807, 2.05) is 12.1 Å². The number of hydrogen-bond acceptors (Lipinski definition) is 3. The van der Waals surface area contributed by atoms with Crippen LogP contribution in [0, 0.1) is 5.41 Å². The summed E-state index contributed by atoms with van der Waals surface area (Å²) in [5, 5.41) is 3.36. The minimum Gasteiger partial charge on any atom is -0.353 e. The number of imidazole rings is 1. The molecule has 86 valence electrons. The fourth-order valence-electron chi connectivity index (χ4n) is 1.33. The van der Waals surface area contributed by atoms with Crippen molar-refractivity contribution in [1.82, 2.24) is 15.0 Å². The summed E-state index contributed by atoms with van der Waals surface area (Å²) >= 11 is 0. The molecule has 0 saturated heterocycles. The Kier molecular flexibility index (Phi) is 2.58. The van der Waals surface area contributed by atoms with Crippen LogP contribution in [0.4, 0.5) is 5.95 Å². The van der Waals surface area contributed by atoms with E-state index in [1.54, 1.807) is 6.20 Å². The smallest absolute Gasteiger partial charge is 0.202 e. The quantitative estimate of drug-likeness (QED) is 0.815. The second-order valence-corrected chi connectivity index (χ2v) is 5.19.